The predicted octanol–water partition coefficient (Wildman–Crippen LogP) is 4.56. The topological polar surface area (TPSA) is 38.1 Å². The molecule has 0 spiro atoms. The third-order valence-electron chi connectivity index (χ3n) is 3.92. The minimum atomic E-state index is -0.0394. The van der Waals surface area contributed by atoms with Gasteiger partial charge in [0.05, 0.1) is 11.4 Å². The van der Waals surface area contributed by atoms with Crippen molar-refractivity contribution in [3.63, 3.8) is 0 Å². The van der Waals surface area contributed by atoms with Crippen molar-refractivity contribution in [2.24, 2.45) is 0 Å². The van der Waals surface area contributed by atoms with Gasteiger partial charge in [0.25, 0.3) is 0 Å². The number of hydrogen-bond donors (Lipinski definition) is 0. The summed E-state index contributed by atoms with van der Waals surface area (Å²) in [7, 11) is 1.84. The summed E-state index contributed by atoms with van der Waals surface area (Å²) in [5.74, 6) is 0.955. The third-order valence-corrected chi connectivity index (χ3v) is 3.92. The van der Waals surface area contributed by atoms with Gasteiger partial charge in [0.2, 0.25) is 0 Å². The van der Waals surface area contributed by atoms with E-state index in [1.165, 1.54) is 5.56 Å². The molecule has 0 N–H and O–H groups in total. The fraction of sp³-hybridized carbons (Fsp3) is 0.765. The normalized spacial score (nSPS) is 12.0. The lowest BCUT2D eigenvalue weighted by molar-refractivity contribution is 0.194. The second kappa shape index (κ2) is 6.63. The van der Waals surface area contributed by atoms with Gasteiger partial charge in [-0.3, -0.25) is 0 Å². The summed E-state index contributed by atoms with van der Waals surface area (Å²) in [6, 6.07) is 0.120. The third kappa shape index (κ3) is 3.47. The lowest BCUT2D eigenvalue weighted by Crippen LogP contribution is -2.38. The largest absolute Gasteiger partial charge is 0.344 e. The maximum atomic E-state index is 12.7. The van der Waals surface area contributed by atoms with Crippen LogP contribution in [0.5, 0.6) is 0 Å². The zero-order chi connectivity index (χ0) is 16.5. The van der Waals surface area contributed by atoms with Crippen molar-refractivity contribution in [1.29, 1.82) is 0 Å². The number of amides is 1. The first-order valence-electron chi connectivity index (χ1n) is 7.99. The molecular formula is C17H31N3O. The number of carbonyl (C=O) groups excluding carboxylic acids is 1. The zero-order valence-corrected chi connectivity index (χ0v) is 15.1. The molecule has 1 aromatic heterocycles. The number of carbonyl (C=O) groups is 1. The minimum Gasteiger partial charge on any atom is -0.323 e. The second-order valence-electron chi connectivity index (χ2n) is 7.05. The Morgan fingerprint density at radius 2 is 1.48 bits per heavy atom. The Morgan fingerprint density at radius 3 is 1.81 bits per heavy atom. The van der Waals surface area contributed by atoms with E-state index in [1.807, 2.05) is 20.9 Å². The SMILES string of the molecule is CC(C)c1nn(C(=O)N(C)C(C)C)c(C(C)C)c1C(C)C. The molecule has 0 saturated heterocycles. The summed E-state index contributed by atoms with van der Waals surface area (Å²) in [6.07, 6.45) is 0. The fourth-order valence-electron chi connectivity index (χ4n) is 2.55. The van der Waals surface area contributed by atoms with Crippen LogP contribution < -0.4 is 0 Å². The van der Waals surface area contributed by atoms with Crippen molar-refractivity contribution in [1.82, 2.24) is 14.7 Å². The number of rotatable bonds is 4. The van der Waals surface area contributed by atoms with Gasteiger partial charge in [-0.2, -0.15) is 9.78 Å². The van der Waals surface area contributed by atoms with Crippen molar-refractivity contribution in [2.45, 2.75) is 79.2 Å². The Labute approximate surface area is 129 Å². The highest BCUT2D eigenvalue weighted by Gasteiger charge is 2.28. The van der Waals surface area contributed by atoms with Gasteiger partial charge in [-0.15, -0.1) is 0 Å². The average Bonchev–Trinajstić information content (AvgIpc) is 2.77. The van der Waals surface area contributed by atoms with Gasteiger partial charge in [0.1, 0.15) is 0 Å². The van der Waals surface area contributed by atoms with Gasteiger partial charge in [-0.1, -0.05) is 41.5 Å². The first kappa shape index (κ1) is 17.7. The molecule has 4 nitrogen and oxygen atoms in total. The number of hydrogen-bond acceptors (Lipinski definition) is 2. The van der Waals surface area contributed by atoms with Gasteiger partial charge in [0.15, 0.2) is 0 Å². The van der Waals surface area contributed by atoms with Crippen LogP contribution in [-0.2, 0) is 0 Å². The highest BCUT2D eigenvalue weighted by molar-refractivity contribution is 5.77. The Morgan fingerprint density at radius 1 is 0.952 bits per heavy atom. The summed E-state index contributed by atoms with van der Waals surface area (Å²) >= 11 is 0. The molecule has 21 heavy (non-hydrogen) atoms. The van der Waals surface area contributed by atoms with Crippen LogP contribution in [-0.4, -0.2) is 33.8 Å². The van der Waals surface area contributed by atoms with Gasteiger partial charge in [-0.05, 0) is 31.6 Å². The summed E-state index contributed by atoms with van der Waals surface area (Å²) < 4.78 is 1.63. The van der Waals surface area contributed by atoms with Crippen LogP contribution in [0.4, 0.5) is 4.79 Å². The minimum absolute atomic E-state index is 0.0394. The van der Waals surface area contributed by atoms with Crippen LogP contribution in [0.1, 0.15) is 90.1 Å². The van der Waals surface area contributed by atoms with Crippen LogP contribution in [0.2, 0.25) is 0 Å². The molecule has 0 aliphatic rings. The van der Waals surface area contributed by atoms with Gasteiger partial charge in [0, 0.05) is 18.7 Å². The quantitative estimate of drug-likeness (QED) is 0.816. The molecule has 0 fully saturated rings. The maximum Gasteiger partial charge on any atom is 0.344 e. The Bertz CT molecular complexity index is 498. The molecule has 120 valence electrons. The van der Waals surface area contributed by atoms with E-state index in [-0.39, 0.29) is 18.0 Å². The van der Waals surface area contributed by atoms with Crippen LogP contribution in [0.3, 0.4) is 0 Å². The molecule has 0 bridgehead atoms. The molecule has 1 heterocycles. The molecule has 1 aromatic rings. The molecule has 0 aliphatic carbocycles. The highest BCUT2D eigenvalue weighted by Crippen LogP contribution is 2.33. The smallest absolute Gasteiger partial charge is 0.323 e. The number of nitrogens with zero attached hydrogens (tertiary/aromatic N) is 3. The van der Waals surface area contributed by atoms with Crippen LogP contribution >= 0.6 is 0 Å². The van der Waals surface area contributed by atoms with Crippen molar-refractivity contribution < 1.29 is 4.79 Å². The van der Waals surface area contributed by atoms with Crippen molar-refractivity contribution >= 4 is 6.03 Å². The van der Waals surface area contributed by atoms with Crippen molar-refractivity contribution in [2.75, 3.05) is 7.05 Å². The van der Waals surface area contributed by atoms with Gasteiger partial charge >= 0.3 is 6.03 Å². The Hall–Kier alpha value is -1.32. The van der Waals surface area contributed by atoms with E-state index in [9.17, 15) is 4.79 Å². The first-order chi connectivity index (χ1) is 9.59. The van der Waals surface area contributed by atoms with Crippen LogP contribution in [0.25, 0.3) is 0 Å². The highest BCUT2D eigenvalue weighted by atomic mass is 16.2. The molecule has 0 atom stereocenters. The molecule has 0 aromatic carbocycles. The fourth-order valence-corrected chi connectivity index (χ4v) is 2.55. The van der Waals surface area contributed by atoms with E-state index >= 15 is 0 Å². The maximum absolute atomic E-state index is 12.7. The lowest BCUT2D eigenvalue weighted by atomic mass is 9.91. The van der Waals surface area contributed by atoms with E-state index in [2.05, 4.69) is 46.6 Å². The van der Waals surface area contributed by atoms with Crippen molar-refractivity contribution in [3.8, 4) is 0 Å². The molecule has 1 amide bonds. The molecule has 4 heteroatoms. The van der Waals surface area contributed by atoms with Crippen molar-refractivity contribution in [3.05, 3.63) is 17.0 Å². The summed E-state index contributed by atoms with van der Waals surface area (Å²) in [5, 5.41) is 4.68. The molecule has 0 saturated carbocycles. The summed E-state index contributed by atoms with van der Waals surface area (Å²) in [6.45, 7) is 16.9. The molecule has 0 unspecified atom stereocenters. The predicted molar refractivity (Wildman–Crippen MR) is 88.2 cm³/mol. The Kier molecular flexibility index (Phi) is 5.60. The van der Waals surface area contributed by atoms with Gasteiger partial charge in [-0.25, -0.2) is 4.79 Å². The average molecular weight is 293 g/mol. The summed E-state index contributed by atoms with van der Waals surface area (Å²) in [5.41, 5.74) is 3.36. The van der Waals surface area contributed by atoms with Crippen LogP contribution in [0.15, 0.2) is 0 Å². The Balaban J connectivity index is 3.52. The van der Waals surface area contributed by atoms with E-state index in [0.29, 0.717) is 11.8 Å². The molecule has 0 radical (unpaired) electrons. The standard InChI is InChI=1S/C17H31N3O/c1-10(2)14-15(11(3)4)18-20(16(14)12(5)6)17(21)19(9)13(7)8/h10-13H,1-9H3. The van der Waals surface area contributed by atoms with E-state index in [1.54, 1.807) is 9.58 Å². The van der Waals surface area contributed by atoms with E-state index in [4.69, 9.17) is 0 Å². The van der Waals surface area contributed by atoms with Gasteiger partial charge < -0.3 is 4.90 Å². The molecule has 0 aliphatic heterocycles. The molecule has 1 rings (SSSR count). The lowest BCUT2D eigenvalue weighted by Gasteiger charge is -2.23. The summed E-state index contributed by atoms with van der Waals surface area (Å²) in [4.78, 5) is 14.5. The second-order valence-corrected chi connectivity index (χ2v) is 7.05. The number of aromatic nitrogens is 2. The van der Waals surface area contributed by atoms with Crippen LogP contribution in [0, 0.1) is 0 Å². The van der Waals surface area contributed by atoms with E-state index in [0.717, 1.165) is 11.4 Å². The zero-order valence-electron chi connectivity index (χ0n) is 15.1. The monoisotopic (exact) mass is 293 g/mol. The van der Waals surface area contributed by atoms with E-state index < -0.39 is 0 Å². The first-order valence-corrected chi connectivity index (χ1v) is 7.99. The molecular weight excluding hydrogens is 262 g/mol.